The van der Waals surface area contributed by atoms with Crippen molar-refractivity contribution in [3.8, 4) is 45.3 Å². The zero-order valence-corrected chi connectivity index (χ0v) is 33.9. The van der Waals surface area contributed by atoms with Gasteiger partial charge in [-0.05, 0) is 159 Å². The van der Waals surface area contributed by atoms with Crippen LogP contribution >= 0.6 is 0 Å². The van der Waals surface area contributed by atoms with Crippen LogP contribution in [-0.2, 0) is 10.8 Å². The first-order valence-electron chi connectivity index (χ1n) is 22.8. The summed E-state index contributed by atoms with van der Waals surface area (Å²) < 4.78 is 12.5. The first kappa shape index (κ1) is 34.1. The Hall–Kier alpha value is -5.62. The summed E-state index contributed by atoms with van der Waals surface area (Å²) in [6.45, 7) is 0. The van der Waals surface area contributed by atoms with E-state index in [1.165, 1.54) is 94.6 Å². The molecular weight excluding hydrogens is 737 g/mol. The van der Waals surface area contributed by atoms with Crippen LogP contribution in [0.4, 0.5) is 0 Å². The Balaban J connectivity index is 0.872. The Morgan fingerprint density at radius 2 is 0.917 bits per heavy atom. The topological polar surface area (TPSA) is 77.8 Å². The lowest BCUT2D eigenvalue weighted by atomic mass is 9.48. The van der Waals surface area contributed by atoms with Crippen LogP contribution in [0.3, 0.4) is 0 Å². The van der Waals surface area contributed by atoms with Gasteiger partial charge in [-0.15, -0.1) is 0 Å². The first-order chi connectivity index (χ1) is 29.5. The third kappa shape index (κ3) is 5.18. The first-order valence-corrected chi connectivity index (χ1v) is 22.8. The van der Waals surface area contributed by atoms with E-state index in [9.17, 15) is 0 Å². The molecule has 16 rings (SSSR count). The van der Waals surface area contributed by atoms with Crippen LogP contribution < -0.4 is 0 Å². The SMILES string of the molecule is c1cc(-c2cccc3c2oc2ccc(-c4nc(-c5ccc(C67CC8CC(CC(C8)C6)C7)cc5)nc(-c5ccc(C67CC8CC(CC(C8)C6)C7)cc5)n4)cc23)c2ocnc2c1. The van der Waals surface area contributed by atoms with Gasteiger partial charge in [0.25, 0.3) is 0 Å². The number of furan rings is 1. The van der Waals surface area contributed by atoms with Crippen LogP contribution in [0.5, 0.6) is 0 Å². The number of benzene rings is 5. The predicted octanol–water partition coefficient (Wildman–Crippen LogP) is 13.5. The molecule has 296 valence electrons. The lowest BCUT2D eigenvalue weighted by Gasteiger charge is -2.57. The quantitative estimate of drug-likeness (QED) is 0.167. The van der Waals surface area contributed by atoms with Gasteiger partial charge in [-0.1, -0.05) is 78.9 Å². The second-order valence-electron chi connectivity index (χ2n) is 20.4. The summed E-state index contributed by atoms with van der Waals surface area (Å²) >= 11 is 0. The summed E-state index contributed by atoms with van der Waals surface area (Å²) in [5, 5.41) is 2.06. The lowest BCUT2D eigenvalue weighted by molar-refractivity contribution is -0.00530. The molecule has 3 heterocycles. The van der Waals surface area contributed by atoms with Crippen molar-refractivity contribution in [2.45, 2.75) is 87.9 Å². The summed E-state index contributed by atoms with van der Waals surface area (Å²) in [5.74, 6) is 7.60. The Morgan fingerprint density at radius 3 is 1.45 bits per heavy atom. The Morgan fingerprint density at radius 1 is 0.450 bits per heavy atom. The minimum atomic E-state index is 0.352. The van der Waals surface area contributed by atoms with Gasteiger partial charge in [-0.25, -0.2) is 19.9 Å². The van der Waals surface area contributed by atoms with Gasteiger partial charge >= 0.3 is 0 Å². The zero-order valence-electron chi connectivity index (χ0n) is 33.9. The van der Waals surface area contributed by atoms with Gasteiger partial charge < -0.3 is 8.83 Å². The third-order valence-corrected chi connectivity index (χ3v) is 16.6. The second kappa shape index (κ2) is 12.5. The van der Waals surface area contributed by atoms with E-state index in [1.807, 2.05) is 12.1 Å². The molecule has 8 saturated carbocycles. The standard InChI is InChI=1S/C54H48N4O2/c1-3-42(43-5-2-6-46-49(43)59-30-55-46)48-44(4-1)45-23-39(11-16-47(45)60-48)52-57-50(37-7-12-40(13-8-37)53-24-31-17-32(25-53)19-33(18-31)26-53)56-51(58-52)38-9-14-41(15-10-38)54-27-34-20-35(28-54)22-36(21-34)29-54/h1-16,23,30-36H,17-22,24-29H2. The van der Waals surface area contributed by atoms with Crippen molar-refractivity contribution in [2.24, 2.45) is 35.5 Å². The van der Waals surface area contributed by atoms with Gasteiger partial charge in [0.05, 0.1) is 0 Å². The number of nitrogens with zero attached hydrogens (tertiary/aromatic N) is 4. The van der Waals surface area contributed by atoms with Gasteiger partial charge in [0.1, 0.15) is 16.7 Å². The molecule has 5 aromatic carbocycles. The van der Waals surface area contributed by atoms with Crippen LogP contribution in [-0.4, -0.2) is 19.9 Å². The van der Waals surface area contributed by atoms with E-state index >= 15 is 0 Å². The maximum absolute atomic E-state index is 6.62. The average Bonchev–Trinajstić information content (AvgIpc) is 3.91. The highest BCUT2D eigenvalue weighted by molar-refractivity contribution is 6.12. The highest BCUT2D eigenvalue weighted by atomic mass is 16.3. The molecule has 0 radical (unpaired) electrons. The molecule has 3 aromatic heterocycles. The molecule has 0 N–H and O–H groups in total. The van der Waals surface area contributed by atoms with E-state index in [2.05, 4.69) is 96.0 Å². The van der Waals surface area contributed by atoms with E-state index in [0.717, 1.165) is 108 Å². The minimum Gasteiger partial charge on any atom is -0.455 e. The van der Waals surface area contributed by atoms with E-state index < -0.39 is 0 Å². The molecule has 0 spiro atoms. The van der Waals surface area contributed by atoms with Gasteiger partial charge in [-0.3, -0.25) is 0 Å². The van der Waals surface area contributed by atoms with E-state index in [0.29, 0.717) is 16.7 Å². The number of fused-ring (bicyclic) bond motifs is 4. The van der Waals surface area contributed by atoms with Crippen molar-refractivity contribution >= 4 is 33.0 Å². The smallest absolute Gasteiger partial charge is 0.182 e. The van der Waals surface area contributed by atoms with Crippen molar-refractivity contribution in [3.05, 3.63) is 121 Å². The Bertz CT molecular complexity index is 2830. The van der Waals surface area contributed by atoms with Crippen LogP contribution in [0, 0.1) is 35.5 Å². The van der Waals surface area contributed by atoms with Crippen LogP contribution in [0.1, 0.15) is 88.2 Å². The van der Waals surface area contributed by atoms with Gasteiger partial charge in [0.2, 0.25) is 0 Å². The molecular formula is C54H48N4O2. The molecule has 0 atom stereocenters. The summed E-state index contributed by atoms with van der Waals surface area (Å²) in [4.78, 5) is 20.2. The van der Waals surface area contributed by atoms with Crippen LogP contribution in [0.15, 0.2) is 118 Å². The summed E-state index contributed by atoms with van der Waals surface area (Å²) in [6, 6.07) is 37.5. The Kier molecular flexibility index (Phi) is 7.09. The molecule has 8 aromatic rings. The van der Waals surface area contributed by atoms with Gasteiger partial charge in [0.15, 0.2) is 29.4 Å². The highest BCUT2D eigenvalue weighted by Gasteiger charge is 2.52. The van der Waals surface area contributed by atoms with E-state index in [1.54, 1.807) is 0 Å². The fraction of sp³-hybridized carbons (Fsp3) is 0.370. The summed E-state index contributed by atoms with van der Waals surface area (Å²) in [5.41, 5.74) is 11.9. The molecule has 8 aliphatic rings. The normalized spacial score (nSPS) is 30.0. The summed E-state index contributed by atoms with van der Waals surface area (Å²) in [7, 11) is 0. The zero-order chi connectivity index (χ0) is 39.2. The number of para-hydroxylation sites is 2. The molecule has 0 aliphatic heterocycles. The molecule has 0 amide bonds. The van der Waals surface area contributed by atoms with E-state index in [4.69, 9.17) is 23.8 Å². The second-order valence-corrected chi connectivity index (χ2v) is 20.4. The van der Waals surface area contributed by atoms with Crippen molar-refractivity contribution in [1.82, 2.24) is 19.9 Å². The van der Waals surface area contributed by atoms with Crippen LogP contribution in [0.25, 0.3) is 78.3 Å². The van der Waals surface area contributed by atoms with Crippen molar-refractivity contribution in [1.29, 1.82) is 0 Å². The predicted molar refractivity (Wildman–Crippen MR) is 236 cm³/mol. The molecule has 0 unspecified atom stereocenters. The van der Waals surface area contributed by atoms with Crippen molar-refractivity contribution in [2.75, 3.05) is 0 Å². The molecule has 0 saturated heterocycles. The van der Waals surface area contributed by atoms with Crippen molar-refractivity contribution in [3.63, 3.8) is 0 Å². The minimum absolute atomic E-state index is 0.352. The van der Waals surface area contributed by atoms with Gasteiger partial charge in [-0.2, -0.15) is 0 Å². The fourth-order valence-electron chi connectivity index (χ4n) is 14.9. The number of aromatic nitrogens is 4. The lowest BCUT2D eigenvalue weighted by Crippen LogP contribution is -2.48. The van der Waals surface area contributed by atoms with Gasteiger partial charge in [0, 0.05) is 38.6 Å². The number of hydrogen-bond donors (Lipinski definition) is 0. The number of hydrogen-bond acceptors (Lipinski definition) is 6. The Labute approximate surface area is 349 Å². The van der Waals surface area contributed by atoms with E-state index in [-0.39, 0.29) is 0 Å². The van der Waals surface area contributed by atoms with Crippen LogP contribution in [0.2, 0.25) is 0 Å². The maximum Gasteiger partial charge on any atom is 0.182 e. The molecule has 6 nitrogen and oxygen atoms in total. The summed E-state index contributed by atoms with van der Waals surface area (Å²) in [6.07, 6.45) is 18.4. The fourth-order valence-corrected chi connectivity index (χ4v) is 14.9. The maximum atomic E-state index is 6.62. The third-order valence-electron chi connectivity index (χ3n) is 16.6. The monoisotopic (exact) mass is 784 g/mol. The molecule has 8 bridgehead atoms. The largest absolute Gasteiger partial charge is 0.455 e. The highest BCUT2D eigenvalue weighted by Crippen LogP contribution is 2.62. The molecule has 8 aliphatic carbocycles. The molecule has 8 fully saturated rings. The number of oxazole rings is 1. The van der Waals surface area contributed by atoms with Crippen molar-refractivity contribution < 1.29 is 8.83 Å². The molecule has 60 heavy (non-hydrogen) atoms. The molecule has 6 heteroatoms. The number of rotatable bonds is 6. The average molecular weight is 785 g/mol.